The zero-order valence-electron chi connectivity index (χ0n) is 15.9. The van der Waals surface area contributed by atoms with E-state index in [0.717, 1.165) is 25.3 Å². The van der Waals surface area contributed by atoms with Gasteiger partial charge in [-0.25, -0.2) is 18.1 Å². The third kappa shape index (κ3) is 4.07. The van der Waals surface area contributed by atoms with Gasteiger partial charge in [0.15, 0.2) is 0 Å². The Bertz CT molecular complexity index is 1160. The normalized spacial score (nSPS) is 20.5. The van der Waals surface area contributed by atoms with Crippen molar-refractivity contribution in [3.63, 3.8) is 0 Å². The highest BCUT2D eigenvalue weighted by atomic mass is 32.2. The van der Waals surface area contributed by atoms with Crippen molar-refractivity contribution in [3.8, 4) is 11.1 Å². The number of benzene rings is 1. The van der Waals surface area contributed by atoms with Gasteiger partial charge in [0.2, 0.25) is 10.0 Å². The van der Waals surface area contributed by atoms with Gasteiger partial charge in [0.1, 0.15) is 11.3 Å². The molecule has 2 atom stereocenters. The molecule has 0 aliphatic heterocycles. The van der Waals surface area contributed by atoms with Gasteiger partial charge in [0, 0.05) is 23.7 Å². The first-order valence-electron chi connectivity index (χ1n) is 9.58. The van der Waals surface area contributed by atoms with Crippen LogP contribution in [0.4, 0.5) is 13.2 Å². The maximum absolute atomic E-state index is 13.0. The number of hydrogen-bond acceptors (Lipinski definition) is 4. The molecule has 1 aliphatic carbocycles. The fourth-order valence-corrected chi connectivity index (χ4v) is 5.14. The summed E-state index contributed by atoms with van der Waals surface area (Å²) in [6.45, 7) is 0. The number of sulfonamides is 1. The number of aromatic amines is 1. The Labute approximate surface area is 171 Å². The summed E-state index contributed by atoms with van der Waals surface area (Å²) in [5.74, 6) is 0. The van der Waals surface area contributed by atoms with E-state index in [1.165, 1.54) is 18.3 Å². The lowest BCUT2D eigenvalue weighted by Gasteiger charge is -2.29. The van der Waals surface area contributed by atoms with E-state index in [4.69, 9.17) is 5.73 Å². The summed E-state index contributed by atoms with van der Waals surface area (Å²) >= 11 is 0. The number of nitrogens with two attached hydrogens (primary N) is 1. The molecule has 30 heavy (non-hydrogen) atoms. The van der Waals surface area contributed by atoms with E-state index in [2.05, 4.69) is 14.7 Å². The Morgan fingerprint density at radius 1 is 1.10 bits per heavy atom. The number of nitrogens with zero attached hydrogens (tertiary/aromatic N) is 1. The van der Waals surface area contributed by atoms with Crippen LogP contribution in [0.2, 0.25) is 0 Å². The van der Waals surface area contributed by atoms with Crippen LogP contribution in [0.5, 0.6) is 0 Å². The molecule has 2 aromatic heterocycles. The average Bonchev–Trinajstić information content (AvgIpc) is 3.15. The summed E-state index contributed by atoms with van der Waals surface area (Å²) < 4.78 is 67.2. The number of H-pyrrole nitrogens is 1. The van der Waals surface area contributed by atoms with Gasteiger partial charge in [-0.15, -0.1) is 0 Å². The summed E-state index contributed by atoms with van der Waals surface area (Å²) in [6.07, 6.45) is 0.286. The van der Waals surface area contributed by atoms with E-state index < -0.39 is 21.9 Å². The quantitative estimate of drug-likeness (QED) is 0.577. The van der Waals surface area contributed by atoms with Gasteiger partial charge in [-0.1, -0.05) is 25.0 Å². The Kier molecular flexibility index (Phi) is 5.33. The third-order valence-electron chi connectivity index (χ3n) is 5.44. The number of pyridine rings is 1. The molecule has 2 heterocycles. The molecular weight excluding hydrogens is 417 g/mol. The SMILES string of the molecule is NC1CCCCC1NS(=O)(=O)c1ccc(-c2ccnc3[nH]c(C(F)(F)F)cc23)cc1. The molecule has 0 amide bonds. The smallest absolute Gasteiger partial charge is 0.336 e. The Balaban J connectivity index is 1.63. The highest BCUT2D eigenvalue weighted by Gasteiger charge is 2.33. The van der Waals surface area contributed by atoms with E-state index in [0.29, 0.717) is 22.9 Å². The molecule has 0 spiro atoms. The minimum absolute atomic E-state index is 0.0828. The molecule has 10 heteroatoms. The molecule has 6 nitrogen and oxygen atoms in total. The molecule has 1 saturated carbocycles. The number of halogens is 3. The lowest BCUT2D eigenvalue weighted by Crippen LogP contribution is -2.49. The topological polar surface area (TPSA) is 101 Å². The Hall–Kier alpha value is -2.43. The number of alkyl halides is 3. The Morgan fingerprint density at radius 3 is 2.47 bits per heavy atom. The van der Waals surface area contributed by atoms with Gasteiger partial charge in [-0.2, -0.15) is 13.2 Å². The average molecular weight is 438 g/mol. The van der Waals surface area contributed by atoms with Crippen molar-refractivity contribution >= 4 is 21.1 Å². The van der Waals surface area contributed by atoms with E-state index >= 15 is 0 Å². The van der Waals surface area contributed by atoms with Gasteiger partial charge in [-0.3, -0.25) is 0 Å². The minimum Gasteiger partial charge on any atom is -0.336 e. The summed E-state index contributed by atoms with van der Waals surface area (Å²) in [4.78, 5) is 6.32. The Morgan fingerprint density at radius 2 is 1.80 bits per heavy atom. The van der Waals surface area contributed by atoms with E-state index in [9.17, 15) is 21.6 Å². The predicted octanol–water partition coefficient (Wildman–Crippen LogP) is 3.80. The van der Waals surface area contributed by atoms with Gasteiger partial charge in [0.25, 0.3) is 0 Å². The van der Waals surface area contributed by atoms with Crippen molar-refractivity contribution in [2.45, 2.75) is 48.8 Å². The van der Waals surface area contributed by atoms with Crippen molar-refractivity contribution in [1.29, 1.82) is 0 Å². The molecule has 4 N–H and O–H groups in total. The first-order valence-corrected chi connectivity index (χ1v) is 11.1. The molecule has 160 valence electrons. The van der Waals surface area contributed by atoms with Crippen LogP contribution in [-0.2, 0) is 16.2 Å². The second-order valence-electron chi connectivity index (χ2n) is 7.50. The zero-order chi connectivity index (χ0) is 21.5. The van der Waals surface area contributed by atoms with Crippen LogP contribution in [0.15, 0.2) is 47.5 Å². The molecule has 1 aromatic carbocycles. The van der Waals surface area contributed by atoms with Crippen LogP contribution in [0.3, 0.4) is 0 Å². The van der Waals surface area contributed by atoms with E-state index in [1.807, 2.05) is 0 Å². The summed E-state index contributed by atoms with van der Waals surface area (Å²) in [5.41, 5.74) is 6.38. The second-order valence-corrected chi connectivity index (χ2v) is 9.22. The number of nitrogens with one attached hydrogen (secondary N) is 2. The molecular formula is C20H21F3N4O2S. The molecule has 2 unspecified atom stereocenters. The molecule has 0 bridgehead atoms. The fraction of sp³-hybridized carbons (Fsp3) is 0.350. The summed E-state index contributed by atoms with van der Waals surface area (Å²) in [6, 6.07) is 8.12. The number of aromatic nitrogens is 2. The van der Waals surface area contributed by atoms with Crippen molar-refractivity contribution in [3.05, 3.63) is 48.3 Å². The molecule has 1 aliphatic rings. The number of fused-ring (bicyclic) bond motifs is 1. The lowest BCUT2D eigenvalue weighted by molar-refractivity contribution is -0.140. The minimum atomic E-state index is -4.51. The van der Waals surface area contributed by atoms with Gasteiger partial charge in [-0.05, 0) is 48.2 Å². The predicted molar refractivity (Wildman–Crippen MR) is 107 cm³/mol. The van der Waals surface area contributed by atoms with Crippen LogP contribution < -0.4 is 10.5 Å². The van der Waals surface area contributed by atoms with Crippen molar-refractivity contribution in [2.24, 2.45) is 5.73 Å². The highest BCUT2D eigenvalue weighted by Crippen LogP contribution is 2.34. The molecule has 0 radical (unpaired) electrons. The lowest BCUT2D eigenvalue weighted by atomic mass is 9.92. The van der Waals surface area contributed by atoms with Crippen molar-refractivity contribution < 1.29 is 21.6 Å². The first-order chi connectivity index (χ1) is 14.1. The van der Waals surface area contributed by atoms with E-state index in [-0.39, 0.29) is 22.6 Å². The molecule has 1 fully saturated rings. The monoisotopic (exact) mass is 438 g/mol. The van der Waals surface area contributed by atoms with Gasteiger partial charge >= 0.3 is 6.18 Å². The van der Waals surface area contributed by atoms with Crippen molar-refractivity contribution in [2.75, 3.05) is 0 Å². The van der Waals surface area contributed by atoms with Crippen LogP contribution >= 0.6 is 0 Å². The zero-order valence-corrected chi connectivity index (χ0v) is 16.7. The second kappa shape index (κ2) is 7.68. The van der Waals surface area contributed by atoms with Crippen LogP contribution in [0.1, 0.15) is 31.4 Å². The first kappa shape index (κ1) is 20.8. The maximum Gasteiger partial charge on any atom is 0.431 e. The van der Waals surface area contributed by atoms with Crippen LogP contribution in [0.25, 0.3) is 22.2 Å². The standard InChI is InChI=1S/C20H21F3N4O2S/c21-20(22,23)18-11-15-14(9-10-25-19(15)26-18)12-5-7-13(8-6-12)30(28,29)27-17-4-2-1-3-16(17)24/h5-11,16-17,27H,1-4,24H2,(H,25,26). The van der Waals surface area contributed by atoms with Crippen LogP contribution in [0, 0.1) is 0 Å². The van der Waals surface area contributed by atoms with Gasteiger partial charge in [0.05, 0.1) is 4.90 Å². The number of rotatable bonds is 4. The molecule has 0 saturated heterocycles. The van der Waals surface area contributed by atoms with E-state index in [1.54, 1.807) is 18.2 Å². The number of hydrogen-bond donors (Lipinski definition) is 3. The molecule has 4 rings (SSSR count). The maximum atomic E-state index is 13.0. The largest absolute Gasteiger partial charge is 0.431 e. The summed E-state index contributed by atoms with van der Waals surface area (Å²) in [5, 5.41) is 0.312. The highest BCUT2D eigenvalue weighted by molar-refractivity contribution is 7.89. The third-order valence-corrected chi connectivity index (χ3v) is 6.94. The van der Waals surface area contributed by atoms with Gasteiger partial charge < -0.3 is 10.7 Å². The fourth-order valence-electron chi connectivity index (χ4n) is 3.82. The van der Waals surface area contributed by atoms with Crippen molar-refractivity contribution in [1.82, 2.24) is 14.7 Å². The molecule has 3 aromatic rings. The van der Waals surface area contributed by atoms with Crippen LogP contribution in [-0.4, -0.2) is 30.5 Å². The summed E-state index contributed by atoms with van der Waals surface area (Å²) in [7, 11) is -3.75.